The quantitative estimate of drug-likeness (QED) is 0.917. The number of rotatable bonds is 4. The molecule has 2 nitrogen and oxygen atoms in total. The van der Waals surface area contributed by atoms with Crippen LogP contribution >= 0.6 is 15.9 Å². The molecule has 0 radical (unpaired) electrons. The zero-order valence-electron chi connectivity index (χ0n) is 8.84. The number of hydrogen-bond donors (Lipinski definition) is 1. The predicted octanol–water partition coefficient (Wildman–Crippen LogP) is 3.01. The van der Waals surface area contributed by atoms with Gasteiger partial charge in [0.2, 0.25) is 0 Å². The van der Waals surface area contributed by atoms with Gasteiger partial charge in [0, 0.05) is 0 Å². The number of halogens is 2. The van der Waals surface area contributed by atoms with Crippen molar-refractivity contribution >= 4 is 15.9 Å². The lowest BCUT2D eigenvalue weighted by atomic mass is 10.1. The first-order valence-electron chi connectivity index (χ1n) is 4.83. The molecular weight excluding hydrogens is 261 g/mol. The lowest BCUT2D eigenvalue weighted by molar-refractivity contribution is 0.0681. The summed E-state index contributed by atoms with van der Waals surface area (Å²) >= 11 is 3.18. The van der Waals surface area contributed by atoms with Crippen LogP contribution in [0.25, 0.3) is 0 Å². The molecule has 0 aromatic heterocycles. The van der Waals surface area contributed by atoms with E-state index < -0.39 is 0 Å². The summed E-state index contributed by atoms with van der Waals surface area (Å²) in [5.74, 6) is -0.299. The zero-order chi connectivity index (χ0) is 11.4. The Hall–Kier alpha value is -0.450. The van der Waals surface area contributed by atoms with Crippen molar-refractivity contribution in [3.63, 3.8) is 0 Å². The molecule has 0 aliphatic heterocycles. The van der Waals surface area contributed by atoms with E-state index in [9.17, 15) is 4.39 Å². The molecule has 1 rings (SSSR count). The number of benzene rings is 1. The highest BCUT2D eigenvalue weighted by Gasteiger charge is 2.13. The largest absolute Gasteiger partial charge is 0.377 e. The average molecular weight is 276 g/mol. The Bertz CT molecular complexity index is 330. The highest BCUT2D eigenvalue weighted by molar-refractivity contribution is 9.10. The van der Waals surface area contributed by atoms with Gasteiger partial charge in [-0.05, 0) is 41.4 Å². The van der Waals surface area contributed by atoms with E-state index in [1.165, 1.54) is 6.07 Å². The van der Waals surface area contributed by atoms with E-state index in [0.29, 0.717) is 11.1 Å². The molecule has 0 saturated carbocycles. The maximum atomic E-state index is 13.2. The van der Waals surface area contributed by atoms with Gasteiger partial charge < -0.3 is 10.5 Å². The maximum Gasteiger partial charge on any atom is 0.137 e. The van der Waals surface area contributed by atoms with Gasteiger partial charge in [-0.2, -0.15) is 0 Å². The summed E-state index contributed by atoms with van der Waals surface area (Å²) in [7, 11) is 0. The van der Waals surface area contributed by atoms with Gasteiger partial charge in [0.1, 0.15) is 5.82 Å². The second-order valence-electron chi connectivity index (χ2n) is 3.63. The van der Waals surface area contributed by atoms with Gasteiger partial charge in [-0.15, -0.1) is 0 Å². The molecule has 0 bridgehead atoms. The summed E-state index contributed by atoms with van der Waals surface area (Å²) in [6.45, 7) is 4.26. The van der Waals surface area contributed by atoms with Gasteiger partial charge in [0.25, 0.3) is 0 Å². The molecule has 1 aromatic rings. The van der Waals surface area contributed by atoms with Crippen molar-refractivity contribution in [3.05, 3.63) is 34.1 Å². The first-order chi connectivity index (χ1) is 7.02. The Kier molecular flexibility index (Phi) is 4.70. The van der Waals surface area contributed by atoms with Crippen LogP contribution in [0.5, 0.6) is 0 Å². The second-order valence-corrected chi connectivity index (χ2v) is 4.42. The Morgan fingerprint density at radius 2 is 2.13 bits per heavy atom. The van der Waals surface area contributed by atoms with Crippen LogP contribution in [0.15, 0.2) is 22.7 Å². The molecule has 0 aliphatic rings. The summed E-state index contributed by atoms with van der Waals surface area (Å²) < 4.78 is 19.0. The minimum atomic E-state index is -0.308. The van der Waals surface area contributed by atoms with Gasteiger partial charge >= 0.3 is 0 Å². The molecular formula is C11H15BrFNO. The van der Waals surface area contributed by atoms with E-state index in [1.807, 2.05) is 13.8 Å². The average Bonchev–Trinajstić information content (AvgIpc) is 2.18. The molecule has 2 N–H and O–H groups in total. The van der Waals surface area contributed by atoms with Gasteiger partial charge in [-0.1, -0.05) is 12.1 Å². The molecule has 1 unspecified atom stereocenters. The van der Waals surface area contributed by atoms with Crippen molar-refractivity contribution in [3.8, 4) is 0 Å². The zero-order valence-corrected chi connectivity index (χ0v) is 10.4. The molecule has 4 heteroatoms. The van der Waals surface area contributed by atoms with Crippen LogP contribution < -0.4 is 5.73 Å². The van der Waals surface area contributed by atoms with Crippen LogP contribution in [0.3, 0.4) is 0 Å². The van der Waals surface area contributed by atoms with E-state index in [4.69, 9.17) is 10.5 Å². The lowest BCUT2D eigenvalue weighted by Crippen LogP contribution is -2.20. The standard InChI is InChI=1S/C11H15BrFNO/c1-7(2)15-6-10(14)8-4-3-5-9(13)11(8)12/h3-5,7,10H,6,14H2,1-2H3. The van der Waals surface area contributed by atoms with Gasteiger partial charge in [0.15, 0.2) is 0 Å². The molecule has 1 aromatic carbocycles. The van der Waals surface area contributed by atoms with Crippen molar-refractivity contribution in [1.29, 1.82) is 0 Å². The van der Waals surface area contributed by atoms with Crippen LogP contribution in [0.1, 0.15) is 25.5 Å². The van der Waals surface area contributed by atoms with Gasteiger partial charge in [-0.25, -0.2) is 4.39 Å². The van der Waals surface area contributed by atoms with Crippen molar-refractivity contribution < 1.29 is 9.13 Å². The highest BCUT2D eigenvalue weighted by Crippen LogP contribution is 2.25. The fourth-order valence-electron chi connectivity index (χ4n) is 1.19. The molecule has 0 aliphatic carbocycles. The van der Waals surface area contributed by atoms with Gasteiger partial charge in [-0.3, -0.25) is 0 Å². The van der Waals surface area contributed by atoms with Crippen LogP contribution in [0, 0.1) is 5.82 Å². The van der Waals surface area contributed by atoms with Crippen LogP contribution in [0.4, 0.5) is 4.39 Å². The highest BCUT2D eigenvalue weighted by atomic mass is 79.9. The Morgan fingerprint density at radius 1 is 1.47 bits per heavy atom. The van der Waals surface area contributed by atoms with Crippen molar-refractivity contribution in [2.75, 3.05) is 6.61 Å². The monoisotopic (exact) mass is 275 g/mol. The first-order valence-corrected chi connectivity index (χ1v) is 5.62. The predicted molar refractivity (Wildman–Crippen MR) is 62.1 cm³/mol. The van der Waals surface area contributed by atoms with Crippen LogP contribution in [-0.2, 0) is 4.74 Å². The third-order valence-electron chi connectivity index (χ3n) is 1.99. The van der Waals surface area contributed by atoms with E-state index in [-0.39, 0.29) is 18.0 Å². The molecule has 0 heterocycles. The molecule has 0 spiro atoms. The molecule has 84 valence electrons. The number of hydrogen-bond acceptors (Lipinski definition) is 2. The third-order valence-corrected chi connectivity index (χ3v) is 2.83. The molecule has 0 fully saturated rings. The Morgan fingerprint density at radius 3 is 2.73 bits per heavy atom. The third kappa shape index (κ3) is 3.55. The molecule has 0 saturated heterocycles. The van der Waals surface area contributed by atoms with Crippen molar-refractivity contribution in [2.24, 2.45) is 5.73 Å². The van der Waals surface area contributed by atoms with Crippen LogP contribution in [-0.4, -0.2) is 12.7 Å². The summed E-state index contributed by atoms with van der Waals surface area (Å²) in [6.07, 6.45) is 0.128. The summed E-state index contributed by atoms with van der Waals surface area (Å²) in [6, 6.07) is 4.52. The van der Waals surface area contributed by atoms with E-state index in [0.717, 1.165) is 5.56 Å². The maximum absolute atomic E-state index is 13.2. The molecule has 15 heavy (non-hydrogen) atoms. The van der Waals surface area contributed by atoms with Crippen molar-refractivity contribution in [2.45, 2.75) is 26.0 Å². The van der Waals surface area contributed by atoms with Crippen molar-refractivity contribution in [1.82, 2.24) is 0 Å². The fourth-order valence-corrected chi connectivity index (χ4v) is 1.75. The van der Waals surface area contributed by atoms with Gasteiger partial charge in [0.05, 0.1) is 23.2 Å². The first kappa shape index (κ1) is 12.6. The summed E-state index contributed by atoms with van der Waals surface area (Å²) in [5, 5.41) is 0. The Labute approximate surface area is 97.7 Å². The second kappa shape index (κ2) is 5.58. The summed E-state index contributed by atoms with van der Waals surface area (Å²) in [4.78, 5) is 0. The normalized spacial score (nSPS) is 13.2. The van der Waals surface area contributed by atoms with E-state index >= 15 is 0 Å². The topological polar surface area (TPSA) is 35.2 Å². The van der Waals surface area contributed by atoms with E-state index in [1.54, 1.807) is 12.1 Å². The lowest BCUT2D eigenvalue weighted by Gasteiger charge is -2.16. The summed E-state index contributed by atoms with van der Waals surface area (Å²) in [5.41, 5.74) is 6.62. The minimum absolute atomic E-state index is 0.128. The number of ether oxygens (including phenoxy) is 1. The molecule has 1 atom stereocenters. The number of nitrogens with two attached hydrogens (primary N) is 1. The van der Waals surface area contributed by atoms with E-state index in [2.05, 4.69) is 15.9 Å². The smallest absolute Gasteiger partial charge is 0.137 e. The minimum Gasteiger partial charge on any atom is -0.377 e. The molecule has 0 amide bonds. The Balaban J connectivity index is 2.73. The SMILES string of the molecule is CC(C)OCC(N)c1cccc(F)c1Br. The van der Waals surface area contributed by atoms with Crippen LogP contribution in [0.2, 0.25) is 0 Å². The fraction of sp³-hybridized carbons (Fsp3) is 0.455.